The lowest BCUT2D eigenvalue weighted by Crippen LogP contribution is -2.41. The molecule has 1 fully saturated rings. The topological polar surface area (TPSA) is 27.0 Å². The molecule has 2 heteroatoms. The molecule has 0 aliphatic carbocycles. The van der Waals surface area contributed by atoms with Crippen LogP contribution in [-0.4, -0.2) is 18.0 Å². The molecule has 0 N–H and O–H groups in total. The van der Waals surface area contributed by atoms with Gasteiger partial charge in [0.05, 0.1) is 11.5 Å². The van der Waals surface area contributed by atoms with Gasteiger partial charge in [0.2, 0.25) is 0 Å². The molecule has 1 saturated heterocycles. The van der Waals surface area contributed by atoms with E-state index in [0.717, 1.165) is 32.5 Å². The fourth-order valence-electron chi connectivity index (χ4n) is 3.34. The largest absolute Gasteiger partial charge is 0.299 e. The van der Waals surface area contributed by atoms with Crippen molar-refractivity contribution in [2.75, 3.05) is 13.1 Å². The minimum atomic E-state index is -0.306. The number of hydrogen-bond acceptors (Lipinski definition) is 2. The van der Waals surface area contributed by atoms with Gasteiger partial charge in [0.1, 0.15) is 0 Å². The SMILES string of the molecule is Cc1cccc(C2(C#N)CCN(Cc3ccccc3)CC2)c1. The summed E-state index contributed by atoms with van der Waals surface area (Å²) in [6, 6.07) is 21.7. The fourth-order valence-corrected chi connectivity index (χ4v) is 3.34. The van der Waals surface area contributed by atoms with Gasteiger partial charge in [-0.25, -0.2) is 0 Å². The Balaban J connectivity index is 1.70. The first-order valence-corrected chi connectivity index (χ1v) is 7.97. The van der Waals surface area contributed by atoms with Crippen LogP contribution < -0.4 is 0 Å². The first-order chi connectivity index (χ1) is 10.7. The third-order valence-corrected chi connectivity index (χ3v) is 4.74. The van der Waals surface area contributed by atoms with Crippen molar-refractivity contribution >= 4 is 0 Å². The lowest BCUT2D eigenvalue weighted by atomic mass is 9.73. The van der Waals surface area contributed by atoms with Gasteiger partial charge in [-0.2, -0.15) is 5.26 Å². The Morgan fingerprint density at radius 3 is 2.41 bits per heavy atom. The normalized spacial score (nSPS) is 17.8. The predicted octanol–water partition coefficient (Wildman–Crippen LogP) is 4.05. The van der Waals surface area contributed by atoms with Crippen molar-refractivity contribution in [1.29, 1.82) is 5.26 Å². The summed E-state index contributed by atoms with van der Waals surface area (Å²) in [6.45, 7) is 5.04. The molecule has 0 amide bonds. The van der Waals surface area contributed by atoms with E-state index in [1.165, 1.54) is 16.7 Å². The molecule has 0 spiro atoms. The number of hydrogen-bond donors (Lipinski definition) is 0. The van der Waals surface area contributed by atoms with Gasteiger partial charge in [0.15, 0.2) is 0 Å². The summed E-state index contributed by atoms with van der Waals surface area (Å²) in [5.74, 6) is 0. The second-order valence-electron chi connectivity index (χ2n) is 6.33. The van der Waals surface area contributed by atoms with Crippen LogP contribution in [0.2, 0.25) is 0 Å². The Morgan fingerprint density at radius 2 is 1.77 bits per heavy atom. The molecule has 112 valence electrons. The predicted molar refractivity (Wildman–Crippen MR) is 89.4 cm³/mol. The van der Waals surface area contributed by atoms with Gasteiger partial charge in [-0.1, -0.05) is 60.2 Å². The highest BCUT2D eigenvalue weighted by atomic mass is 15.1. The molecule has 0 saturated carbocycles. The Bertz CT molecular complexity index is 662. The number of piperidine rings is 1. The van der Waals surface area contributed by atoms with E-state index in [4.69, 9.17) is 0 Å². The summed E-state index contributed by atoms with van der Waals surface area (Å²) in [6.07, 6.45) is 1.83. The smallest absolute Gasteiger partial charge is 0.0846 e. The van der Waals surface area contributed by atoms with E-state index in [9.17, 15) is 5.26 Å². The van der Waals surface area contributed by atoms with Gasteiger partial charge in [-0.3, -0.25) is 4.90 Å². The van der Waals surface area contributed by atoms with E-state index < -0.39 is 0 Å². The standard InChI is InChI=1S/C20H22N2/c1-17-6-5-9-19(14-17)20(16-21)10-12-22(13-11-20)15-18-7-3-2-4-8-18/h2-9,14H,10-13,15H2,1H3. The Morgan fingerprint density at radius 1 is 1.05 bits per heavy atom. The van der Waals surface area contributed by atoms with Crippen LogP contribution in [0.15, 0.2) is 54.6 Å². The van der Waals surface area contributed by atoms with Crippen molar-refractivity contribution in [3.63, 3.8) is 0 Å². The van der Waals surface area contributed by atoms with Gasteiger partial charge < -0.3 is 0 Å². The Hall–Kier alpha value is -2.11. The van der Waals surface area contributed by atoms with E-state index in [0.29, 0.717) is 0 Å². The highest BCUT2D eigenvalue weighted by molar-refractivity contribution is 5.36. The lowest BCUT2D eigenvalue weighted by Gasteiger charge is -2.37. The van der Waals surface area contributed by atoms with Crippen molar-refractivity contribution < 1.29 is 0 Å². The van der Waals surface area contributed by atoms with E-state index in [2.05, 4.69) is 72.5 Å². The van der Waals surface area contributed by atoms with Crippen molar-refractivity contribution in [3.8, 4) is 6.07 Å². The number of aryl methyl sites for hydroxylation is 1. The quantitative estimate of drug-likeness (QED) is 0.852. The summed E-state index contributed by atoms with van der Waals surface area (Å²) in [5.41, 5.74) is 3.47. The second kappa shape index (κ2) is 6.34. The number of rotatable bonds is 3. The van der Waals surface area contributed by atoms with Gasteiger partial charge >= 0.3 is 0 Å². The molecule has 0 atom stereocenters. The molecule has 0 unspecified atom stereocenters. The second-order valence-corrected chi connectivity index (χ2v) is 6.33. The van der Waals surface area contributed by atoms with Crippen LogP contribution >= 0.6 is 0 Å². The van der Waals surface area contributed by atoms with Crippen LogP contribution in [0.25, 0.3) is 0 Å². The van der Waals surface area contributed by atoms with Crippen molar-refractivity contribution in [2.24, 2.45) is 0 Å². The molecule has 1 heterocycles. The molecule has 1 aliphatic heterocycles. The maximum absolute atomic E-state index is 9.79. The first kappa shape index (κ1) is 14.8. The van der Waals surface area contributed by atoms with Crippen molar-refractivity contribution in [1.82, 2.24) is 4.90 Å². The van der Waals surface area contributed by atoms with Gasteiger partial charge in [-0.05, 0) is 30.9 Å². The Labute approximate surface area is 133 Å². The fraction of sp³-hybridized carbons (Fsp3) is 0.350. The van der Waals surface area contributed by atoms with Gasteiger partial charge in [0.25, 0.3) is 0 Å². The molecule has 0 bridgehead atoms. The maximum atomic E-state index is 9.79. The minimum absolute atomic E-state index is 0.306. The highest BCUT2D eigenvalue weighted by Crippen LogP contribution is 2.35. The van der Waals surface area contributed by atoms with E-state index in [-0.39, 0.29) is 5.41 Å². The monoisotopic (exact) mass is 290 g/mol. The van der Waals surface area contributed by atoms with E-state index >= 15 is 0 Å². The molecule has 2 aromatic carbocycles. The summed E-state index contributed by atoms with van der Waals surface area (Å²) in [7, 11) is 0. The highest BCUT2D eigenvalue weighted by Gasteiger charge is 2.36. The van der Waals surface area contributed by atoms with Crippen LogP contribution in [0.5, 0.6) is 0 Å². The molecule has 0 aromatic heterocycles. The number of likely N-dealkylation sites (tertiary alicyclic amines) is 1. The molecular weight excluding hydrogens is 268 g/mol. The zero-order chi connectivity index (χ0) is 15.4. The number of nitrogens with zero attached hydrogens (tertiary/aromatic N) is 2. The zero-order valence-electron chi connectivity index (χ0n) is 13.1. The van der Waals surface area contributed by atoms with Crippen molar-refractivity contribution in [2.45, 2.75) is 31.7 Å². The van der Waals surface area contributed by atoms with E-state index in [1.807, 2.05) is 0 Å². The molecule has 1 aliphatic rings. The summed E-state index contributed by atoms with van der Waals surface area (Å²) in [5, 5.41) is 9.79. The molecule has 2 aromatic rings. The van der Waals surface area contributed by atoms with Crippen LogP contribution in [-0.2, 0) is 12.0 Å². The molecule has 3 rings (SSSR count). The Kier molecular flexibility index (Phi) is 4.27. The third-order valence-electron chi connectivity index (χ3n) is 4.74. The zero-order valence-corrected chi connectivity index (χ0v) is 13.1. The first-order valence-electron chi connectivity index (χ1n) is 7.97. The lowest BCUT2D eigenvalue weighted by molar-refractivity contribution is 0.179. The van der Waals surface area contributed by atoms with Crippen LogP contribution in [0.1, 0.15) is 29.5 Å². The van der Waals surface area contributed by atoms with Crippen LogP contribution in [0.4, 0.5) is 0 Å². The average molecular weight is 290 g/mol. The van der Waals surface area contributed by atoms with Gasteiger partial charge in [0, 0.05) is 19.6 Å². The average Bonchev–Trinajstić information content (AvgIpc) is 2.57. The maximum Gasteiger partial charge on any atom is 0.0846 e. The summed E-state index contributed by atoms with van der Waals surface area (Å²) >= 11 is 0. The van der Waals surface area contributed by atoms with E-state index in [1.54, 1.807) is 0 Å². The van der Waals surface area contributed by atoms with Crippen molar-refractivity contribution in [3.05, 3.63) is 71.3 Å². The minimum Gasteiger partial charge on any atom is -0.299 e. The number of benzene rings is 2. The summed E-state index contributed by atoms with van der Waals surface area (Å²) < 4.78 is 0. The molecule has 2 nitrogen and oxygen atoms in total. The summed E-state index contributed by atoms with van der Waals surface area (Å²) in [4.78, 5) is 2.46. The third kappa shape index (κ3) is 3.05. The number of nitriles is 1. The van der Waals surface area contributed by atoms with Crippen LogP contribution in [0.3, 0.4) is 0 Å². The molecule has 22 heavy (non-hydrogen) atoms. The van der Waals surface area contributed by atoms with Crippen LogP contribution in [0, 0.1) is 18.3 Å². The molecular formula is C20H22N2. The molecule has 0 radical (unpaired) electrons. The van der Waals surface area contributed by atoms with Gasteiger partial charge in [-0.15, -0.1) is 0 Å².